The second-order valence-electron chi connectivity index (χ2n) is 7.37. The van der Waals surface area contributed by atoms with Crippen LogP contribution in [-0.4, -0.2) is 35.6 Å². The molecule has 2 heterocycles. The first kappa shape index (κ1) is 19.9. The van der Waals surface area contributed by atoms with Crippen molar-refractivity contribution in [3.05, 3.63) is 67.0 Å². The number of rotatable bonds is 6. The summed E-state index contributed by atoms with van der Waals surface area (Å²) < 4.78 is 5.45. The van der Waals surface area contributed by atoms with Gasteiger partial charge in [-0.05, 0) is 49.6 Å². The summed E-state index contributed by atoms with van der Waals surface area (Å²) in [7, 11) is 0. The van der Waals surface area contributed by atoms with E-state index in [1.807, 2.05) is 73.9 Å². The van der Waals surface area contributed by atoms with E-state index in [4.69, 9.17) is 4.74 Å². The molecule has 1 saturated heterocycles. The number of amides is 1. The monoisotopic (exact) mass is 402 g/mol. The van der Waals surface area contributed by atoms with Crippen LogP contribution in [0, 0.1) is 5.92 Å². The average Bonchev–Trinajstić information content (AvgIpc) is 2.81. The highest BCUT2D eigenvalue weighted by molar-refractivity contribution is 5.93. The summed E-state index contributed by atoms with van der Waals surface area (Å²) in [6.07, 6.45) is 5.50. The van der Waals surface area contributed by atoms with Crippen LogP contribution in [0.4, 0.5) is 11.6 Å². The lowest BCUT2D eigenvalue weighted by atomic mass is 9.97. The van der Waals surface area contributed by atoms with Crippen LogP contribution < -0.4 is 15.0 Å². The third-order valence-corrected chi connectivity index (χ3v) is 5.25. The zero-order valence-electron chi connectivity index (χ0n) is 17.1. The lowest BCUT2D eigenvalue weighted by Gasteiger charge is -2.32. The van der Waals surface area contributed by atoms with Gasteiger partial charge < -0.3 is 15.0 Å². The maximum absolute atomic E-state index is 12.8. The van der Waals surface area contributed by atoms with E-state index >= 15 is 0 Å². The molecule has 1 N–H and O–H groups in total. The average molecular weight is 402 g/mol. The highest BCUT2D eigenvalue weighted by Crippen LogP contribution is 2.24. The molecule has 0 aliphatic carbocycles. The Morgan fingerprint density at radius 3 is 2.50 bits per heavy atom. The topological polar surface area (TPSA) is 67.3 Å². The van der Waals surface area contributed by atoms with Crippen molar-refractivity contribution in [2.45, 2.75) is 19.8 Å². The van der Waals surface area contributed by atoms with E-state index in [0.29, 0.717) is 19.1 Å². The summed E-state index contributed by atoms with van der Waals surface area (Å²) >= 11 is 0. The number of aromatic nitrogens is 2. The van der Waals surface area contributed by atoms with E-state index < -0.39 is 0 Å². The quantitative estimate of drug-likeness (QED) is 0.662. The minimum atomic E-state index is -0.0947. The van der Waals surface area contributed by atoms with Gasteiger partial charge in [-0.1, -0.05) is 30.3 Å². The van der Waals surface area contributed by atoms with Crippen molar-refractivity contribution in [2.24, 2.45) is 5.92 Å². The third-order valence-electron chi connectivity index (χ3n) is 5.25. The Morgan fingerprint density at radius 2 is 1.80 bits per heavy atom. The first-order valence-corrected chi connectivity index (χ1v) is 10.4. The van der Waals surface area contributed by atoms with E-state index in [2.05, 4.69) is 20.2 Å². The van der Waals surface area contributed by atoms with Gasteiger partial charge in [0, 0.05) is 36.7 Å². The Balaban J connectivity index is 1.38. The largest absolute Gasteiger partial charge is 0.494 e. The fraction of sp³-hybridized carbons (Fsp3) is 0.292. The van der Waals surface area contributed by atoms with Gasteiger partial charge in [0.2, 0.25) is 11.9 Å². The summed E-state index contributed by atoms with van der Waals surface area (Å²) in [5, 5.41) is 3.02. The van der Waals surface area contributed by atoms with Crippen molar-refractivity contribution in [1.29, 1.82) is 0 Å². The minimum absolute atomic E-state index is 0.0322. The molecule has 1 aliphatic heterocycles. The molecule has 30 heavy (non-hydrogen) atoms. The Labute approximate surface area is 176 Å². The summed E-state index contributed by atoms with van der Waals surface area (Å²) in [6, 6.07) is 17.6. The van der Waals surface area contributed by atoms with Crippen molar-refractivity contribution in [3.63, 3.8) is 0 Å². The van der Waals surface area contributed by atoms with Crippen LogP contribution in [-0.2, 0) is 4.79 Å². The number of carbonyl (C=O) groups excluding carboxylic acids is 1. The van der Waals surface area contributed by atoms with Gasteiger partial charge in [-0.15, -0.1) is 0 Å². The second kappa shape index (κ2) is 9.39. The van der Waals surface area contributed by atoms with Gasteiger partial charge >= 0.3 is 0 Å². The molecule has 2 aromatic carbocycles. The van der Waals surface area contributed by atoms with E-state index in [1.165, 1.54) is 0 Å². The van der Waals surface area contributed by atoms with E-state index in [0.717, 1.165) is 42.0 Å². The lowest BCUT2D eigenvalue weighted by molar-refractivity contribution is -0.120. The number of benzene rings is 2. The maximum atomic E-state index is 12.8. The predicted molar refractivity (Wildman–Crippen MR) is 119 cm³/mol. The molecule has 0 saturated carbocycles. The molecule has 1 aliphatic rings. The van der Waals surface area contributed by atoms with Crippen LogP contribution in [0.25, 0.3) is 11.1 Å². The molecule has 1 atom stereocenters. The number of carbonyl (C=O) groups is 1. The zero-order chi connectivity index (χ0) is 20.8. The van der Waals surface area contributed by atoms with Crippen molar-refractivity contribution in [3.8, 4) is 16.9 Å². The fourth-order valence-corrected chi connectivity index (χ4v) is 3.68. The first-order valence-electron chi connectivity index (χ1n) is 10.4. The van der Waals surface area contributed by atoms with Crippen molar-refractivity contribution in [2.75, 3.05) is 29.9 Å². The van der Waals surface area contributed by atoms with Gasteiger partial charge in [-0.2, -0.15) is 0 Å². The molecule has 4 rings (SSSR count). The van der Waals surface area contributed by atoms with Gasteiger partial charge in [0.15, 0.2) is 0 Å². The summed E-state index contributed by atoms with van der Waals surface area (Å²) in [6.45, 7) is 4.05. The van der Waals surface area contributed by atoms with E-state index in [9.17, 15) is 4.79 Å². The van der Waals surface area contributed by atoms with Crippen LogP contribution >= 0.6 is 0 Å². The van der Waals surface area contributed by atoms with Gasteiger partial charge in [0.1, 0.15) is 5.75 Å². The molecule has 1 aromatic heterocycles. The standard InChI is InChI=1S/C24H26N4O2/c1-2-30-22-12-10-21(11-13-22)27-23(29)19-9-6-14-28(17-19)24-25-15-20(16-26-24)18-7-4-3-5-8-18/h3-5,7-8,10-13,15-16,19H,2,6,9,14,17H2,1H3,(H,27,29)/t19-/m1/s1. The number of anilines is 2. The van der Waals surface area contributed by atoms with Crippen LogP contribution in [0.2, 0.25) is 0 Å². The van der Waals surface area contributed by atoms with E-state index in [-0.39, 0.29) is 11.8 Å². The molecule has 6 nitrogen and oxygen atoms in total. The van der Waals surface area contributed by atoms with Gasteiger partial charge in [-0.25, -0.2) is 9.97 Å². The Bertz CT molecular complexity index is 959. The fourth-order valence-electron chi connectivity index (χ4n) is 3.68. The molecular weight excluding hydrogens is 376 g/mol. The normalized spacial score (nSPS) is 16.2. The lowest BCUT2D eigenvalue weighted by Crippen LogP contribution is -2.41. The summed E-state index contributed by atoms with van der Waals surface area (Å²) in [5.74, 6) is 1.41. The van der Waals surface area contributed by atoms with Crippen LogP contribution in [0.5, 0.6) is 5.75 Å². The maximum Gasteiger partial charge on any atom is 0.229 e. The third kappa shape index (κ3) is 4.76. The van der Waals surface area contributed by atoms with Gasteiger partial charge in [0.25, 0.3) is 0 Å². The summed E-state index contributed by atoms with van der Waals surface area (Å²) in [4.78, 5) is 24.0. The van der Waals surface area contributed by atoms with Crippen molar-refractivity contribution >= 4 is 17.5 Å². The number of hydrogen-bond donors (Lipinski definition) is 1. The van der Waals surface area contributed by atoms with Crippen LogP contribution in [0.15, 0.2) is 67.0 Å². The number of ether oxygens (including phenoxy) is 1. The van der Waals surface area contributed by atoms with Crippen molar-refractivity contribution in [1.82, 2.24) is 9.97 Å². The molecule has 0 unspecified atom stereocenters. The molecule has 0 radical (unpaired) electrons. The first-order chi connectivity index (χ1) is 14.7. The number of piperidine rings is 1. The van der Waals surface area contributed by atoms with Gasteiger partial charge in [-0.3, -0.25) is 4.79 Å². The molecule has 1 amide bonds. The molecule has 6 heteroatoms. The summed E-state index contributed by atoms with van der Waals surface area (Å²) in [5.41, 5.74) is 2.86. The van der Waals surface area contributed by atoms with Gasteiger partial charge in [0.05, 0.1) is 12.5 Å². The van der Waals surface area contributed by atoms with Crippen LogP contribution in [0.1, 0.15) is 19.8 Å². The molecular formula is C24H26N4O2. The SMILES string of the molecule is CCOc1ccc(NC(=O)[C@@H]2CCCN(c3ncc(-c4ccccc4)cn3)C2)cc1. The molecule has 0 bridgehead atoms. The number of nitrogens with one attached hydrogen (secondary N) is 1. The van der Waals surface area contributed by atoms with Crippen LogP contribution in [0.3, 0.4) is 0 Å². The molecule has 0 spiro atoms. The highest BCUT2D eigenvalue weighted by atomic mass is 16.5. The number of hydrogen-bond acceptors (Lipinski definition) is 5. The number of nitrogens with zero attached hydrogens (tertiary/aromatic N) is 3. The Hall–Kier alpha value is -3.41. The predicted octanol–water partition coefficient (Wildman–Crippen LogP) is 4.40. The Morgan fingerprint density at radius 1 is 1.07 bits per heavy atom. The van der Waals surface area contributed by atoms with Crippen molar-refractivity contribution < 1.29 is 9.53 Å². The molecule has 3 aromatic rings. The second-order valence-corrected chi connectivity index (χ2v) is 7.37. The minimum Gasteiger partial charge on any atom is -0.494 e. The smallest absolute Gasteiger partial charge is 0.229 e. The molecule has 1 fully saturated rings. The van der Waals surface area contributed by atoms with E-state index in [1.54, 1.807) is 0 Å². The highest BCUT2D eigenvalue weighted by Gasteiger charge is 2.27. The molecule has 154 valence electrons. The Kier molecular flexibility index (Phi) is 6.23. The zero-order valence-corrected chi connectivity index (χ0v) is 17.1.